The third-order valence-electron chi connectivity index (χ3n) is 22.0. The third kappa shape index (κ3) is 9.51. The van der Waals surface area contributed by atoms with Crippen LogP contribution in [0.1, 0.15) is 150 Å². The maximum absolute atomic E-state index is 14.6. The van der Waals surface area contributed by atoms with Gasteiger partial charge in [0.25, 0.3) is 0 Å². The number of aliphatic hydroxyl groups is 2. The number of aliphatic hydroxyl groups excluding tert-OH is 2. The van der Waals surface area contributed by atoms with E-state index >= 15 is 0 Å². The van der Waals surface area contributed by atoms with Gasteiger partial charge < -0.3 is 81.3 Å². The molecule has 0 aromatic rings. The minimum atomic E-state index is -0.939. The van der Waals surface area contributed by atoms with Crippen LogP contribution in [0.25, 0.3) is 0 Å². The zero-order valence-corrected chi connectivity index (χ0v) is 47.1. The number of esters is 1. The number of fused-ring (bicyclic) bond motifs is 10. The third-order valence-corrected chi connectivity index (χ3v) is 22.0. The lowest BCUT2D eigenvalue weighted by atomic mass is 9.78. The van der Waals surface area contributed by atoms with Crippen molar-refractivity contribution in [2.24, 2.45) is 23.7 Å². The molecule has 16 aliphatic heterocycles. The molecular formula is C61H86O19. The highest BCUT2D eigenvalue weighted by atomic mass is 16.8. The van der Waals surface area contributed by atoms with Crippen molar-refractivity contribution >= 4 is 11.8 Å². The van der Waals surface area contributed by atoms with Crippen molar-refractivity contribution in [3.05, 3.63) is 24.3 Å². The lowest BCUT2D eigenvalue weighted by molar-refractivity contribution is -0.371. The van der Waals surface area contributed by atoms with E-state index in [9.17, 15) is 19.8 Å². The summed E-state index contributed by atoms with van der Waals surface area (Å²) in [4.78, 5) is 27.0. The van der Waals surface area contributed by atoms with E-state index in [2.05, 4.69) is 40.9 Å². The summed E-state index contributed by atoms with van der Waals surface area (Å²) in [6.07, 6.45) is 2.59. The molecule has 12 bridgehead atoms. The summed E-state index contributed by atoms with van der Waals surface area (Å²) < 4.78 is 104. The quantitative estimate of drug-likeness (QED) is 0.262. The number of rotatable bonds is 4. The van der Waals surface area contributed by atoms with Gasteiger partial charge in [0.15, 0.2) is 17.4 Å². The first kappa shape index (κ1) is 54.6. The second-order valence-corrected chi connectivity index (χ2v) is 27.7. The molecule has 19 nitrogen and oxygen atoms in total. The smallest absolute Gasteiger partial charge is 0.308 e. The van der Waals surface area contributed by atoms with Crippen molar-refractivity contribution in [3.63, 3.8) is 0 Å². The molecule has 80 heavy (non-hydrogen) atoms. The van der Waals surface area contributed by atoms with Gasteiger partial charge >= 0.3 is 5.97 Å². The second-order valence-electron chi connectivity index (χ2n) is 27.7. The fourth-order valence-electron chi connectivity index (χ4n) is 18.3. The van der Waals surface area contributed by atoms with Gasteiger partial charge in [-0.2, -0.15) is 0 Å². The number of Topliss-reactive ketones (excluding diaryl/α,β-unsaturated/α-hetero) is 1. The lowest BCUT2D eigenvalue weighted by Crippen LogP contribution is -2.62. The van der Waals surface area contributed by atoms with Crippen molar-refractivity contribution in [2.45, 2.75) is 314 Å². The number of ketones is 1. The van der Waals surface area contributed by atoms with E-state index in [0.29, 0.717) is 64.2 Å². The maximum atomic E-state index is 14.6. The van der Waals surface area contributed by atoms with Gasteiger partial charge in [-0.25, -0.2) is 0 Å². The maximum Gasteiger partial charge on any atom is 0.308 e. The Morgan fingerprint density at radius 1 is 0.525 bits per heavy atom. The predicted molar refractivity (Wildman–Crippen MR) is 277 cm³/mol. The Bertz CT molecular complexity index is 2410. The summed E-state index contributed by atoms with van der Waals surface area (Å²) in [5.74, 6) is -3.05. The van der Waals surface area contributed by atoms with Crippen LogP contribution in [0.5, 0.6) is 0 Å². The van der Waals surface area contributed by atoms with Gasteiger partial charge in [0.05, 0.1) is 116 Å². The molecule has 16 heterocycles. The molecule has 0 saturated carbocycles. The fourth-order valence-corrected chi connectivity index (χ4v) is 18.3. The van der Waals surface area contributed by atoms with E-state index in [-0.39, 0.29) is 159 Å². The van der Waals surface area contributed by atoms with E-state index < -0.39 is 66.2 Å². The first-order chi connectivity index (χ1) is 38.5. The van der Waals surface area contributed by atoms with Crippen molar-refractivity contribution < 1.29 is 90.9 Å². The van der Waals surface area contributed by atoms with Crippen molar-refractivity contribution in [1.29, 1.82) is 0 Å². The van der Waals surface area contributed by atoms with E-state index in [1.165, 1.54) is 0 Å². The highest BCUT2D eigenvalue weighted by Crippen LogP contribution is 2.58. The minimum Gasteiger partial charge on any atom is -0.459 e. The van der Waals surface area contributed by atoms with E-state index in [1.807, 2.05) is 0 Å². The van der Waals surface area contributed by atoms with Gasteiger partial charge in [-0.3, -0.25) is 9.59 Å². The van der Waals surface area contributed by atoms with Crippen LogP contribution in [-0.4, -0.2) is 192 Å². The molecule has 16 saturated heterocycles. The van der Waals surface area contributed by atoms with Crippen molar-refractivity contribution in [2.75, 3.05) is 6.61 Å². The van der Waals surface area contributed by atoms with Crippen LogP contribution in [0.15, 0.2) is 24.3 Å². The summed E-state index contributed by atoms with van der Waals surface area (Å²) in [5.41, 5.74) is 2.15. The SMILES string of the molecule is C=C1C[C@@H]2CC[C@@]34C[C@@H]5O[C@@H]6[C@@H](O[C@H]7CC[C@H](CC(=O)O[C@@H]8[C@@H](C)[C@@H]9O[C@@H]%10C[C@]%11(C[C@@H]%12O[C@]%13(C[C@H](C)[C@@H]%14O[C@H](CC(=O)CCO)[C@H](O)C[C@@H]%14O%13)C[C@H](C)[C@@H]%12O%11)O[C@@H]%10C[C@@H]9O[C@H]8C[C@H]8O[C@@H](CC[C@@H]1O2)C[C@@H](C)C8=C)O[C@@H]7[C@@H]6O3)[C@H]5O4. The summed E-state index contributed by atoms with van der Waals surface area (Å²) in [7, 11) is 0. The van der Waals surface area contributed by atoms with Crippen molar-refractivity contribution in [1.82, 2.24) is 0 Å². The van der Waals surface area contributed by atoms with Gasteiger partial charge in [0.2, 0.25) is 0 Å². The summed E-state index contributed by atoms with van der Waals surface area (Å²) in [5, 5.41) is 20.4. The van der Waals surface area contributed by atoms with Crippen LogP contribution >= 0.6 is 0 Å². The van der Waals surface area contributed by atoms with E-state index in [1.54, 1.807) is 0 Å². The molecule has 0 aromatic heterocycles. The lowest BCUT2D eigenvalue weighted by Gasteiger charge is -2.54. The molecular weight excluding hydrogens is 1040 g/mol. The van der Waals surface area contributed by atoms with Gasteiger partial charge in [0, 0.05) is 83.2 Å². The zero-order chi connectivity index (χ0) is 54.7. The van der Waals surface area contributed by atoms with Gasteiger partial charge in [0.1, 0.15) is 42.4 Å². The van der Waals surface area contributed by atoms with Crippen LogP contribution in [0.3, 0.4) is 0 Å². The first-order valence-corrected chi connectivity index (χ1v) is 31.2. The number of hydrogen-bond donors (Lipinski definition) is 2. The predicted octanol–water partition coefficient (Wildman–Crippen LogP) is 5.52. The van der Waals surface area contributed by atoms with E-state index in [4.69, 9.17) is 71.1 Å². The Hall–Kier alpha value is -2.02. The molecule has 19 heteroatoms. The molecule has 16 rings (SSSR count). The summed E-state index contributed by atoms with van der Waals surface area (Å²) in [6, 6.07) is 0. The molecule has 0 unspecified atom stereocenters. The average molecular weight is 1120 g/mol. The normalized spacial score (nSPS) is 56.9. The number of carbonyl (C=O) groups excluding carboxylic acids is 2. The van der Waals surface area contributed by atoms with E-state index in [0.717, 1.165) is 49.7 Å². The Morgan fingerprint density at radius 2 is 1.20 bits per heavy atom. The molecule has 0 radical (unpaired) electrons. The first-order valence-electron chi connectivity index (χ1n) is 31.2. The molecule has 0 aliphatic carbocycles. The Morgan fingerprint density at radius 3 is 2.05 bits per heavy atom. The number of hydrogen-bond acceptors (Lipinski definition) is 19. The number of ether oxygens (including phenoxy) is 15. The zero-order valence-electron chi connectivity index (χ0n) is 47.1. The highest BCUT2D eigenvalue weighted by Gasteiger charge is 2.70. The summed E-state index contributed by atoms with van der Waals surface area (Å²) in [6.45, 7) is 17.6. The summed E-state index contributed by atoms with van der Waals surface area (Å²) >= 11 is 0. The topological polar surface area (TPSA) is 213 Å². The Labute approximate surface area is 469 Å². The Balaban J connectivity index is 0.652. The number of carbonyl (C=O) groups is 2. The molecule has 0 aromatic carbocycles. The molecule has 2 N–H and O–H groups in total. The highest BCUT2D eigenvalue weighted by molar-refractivity contribution is 5.79. The van der Waals surface area contributed by atoms with Gasteiger partial charge in [-0.1, -0.05) is 40.9 Å². The molecule has 16 fully saturated rings. The van der Waals surface area contributed by atoms with Crippen LogP contribution in [0.2, 0.25) is 0 Å². The van der Waals surface area contributed by atoms with Gasteiger partial charge in [-0.15, -0.1) is 0 Å². The van der Waals surface area contributed by atoms with Crippen molar-refractivity contribution in [3.8, 4) is 0 Å². The van der Waals surface area contributed by atoms with Crippen LogP contribution < -0.4 is 0 Å². The van der Waals surface area contributed by atoms with Crippen LogP contribution in [0.4, 0.5) is 0 Å². The Kier molecular flexibility index (Phi) is 14.0. The molecule has 31 atom stereocenters. The standard InChI is InChI=1S/C61H86O19/c1-27-15-34-7-9-38-28(2)16-36(66-38)11-13-59-25-47-55(79-59)56-57(73-47)58(80-59)54-39(70-56)10-8-35(68-54)18-49(65)74-53-32(6)52-44(69-43(53)20-40(67-34)31(27)5)21-42-46(72-52)24-61(75-42)26-48-51(78-61)30(4)23-60(77-48)22-29(3)50-45(76-60)19-37(64)41(71-50)17-33(63)12-14-62/h27,29-30,32,34-48,50-58,62,64H,2,5,7-26H2,1,3-4,6H3/t27-,29+,30+,32+,34+,35-,36+,37-,38+,39+,40-,41-,42-,43+,44+,45+,46-,47+,48+,50+,51+,52+,53-,54+,55+,56+,57-,58+,59+,60-,61+/m1/s1. The molecule has 444 valence electrons. The van der Waals surface area contributed by atoms with Crippen LogP contribution in [-0.2, 0) is 80.6 Å². The largest absolute Gasteiger partial charge is 0.459 e. The second kappa shape index (κ2) is 20.6. The average Bonchev–Trinajstić information content (AvgIpc) is 4.36. The molecule has 16 aliphatic rings. The minimum absolute atomic E-state index is 0.0122. The molecule has 0 amide bonds. The van der Waals surface area contributed by atoms with Crippen LogP contribution in [0, 0.1) is 23.7 Å². The fraction of sp³-hybridized carbons (Fsp3) is 0.902. The monoisotopic (exact) mass is 1120 g/mol. The van der Waals surface area contributed by atoms with Gasteiger partial charge in [-0.05, 0) is 73.8 Å². The molecule has 3 spiro atoms.